The fourth-order valence-electron chi connectivity index (χ4n) is 6.22. The molecule has 0 N–H and O–H groups in total. The van der Waals surface area contributed by atoms with Gasteiger partial charge >= 0.3 is 182 Å². The van der Waals surface area contributed by atoms with Gasteiger partial charge in [-0.25, -0.2) is 0 Å². The molecule has 0 amide bonds. The van der Waals surface area contributed by atoms with Crippen LogP contribution in [0.2, 0.25) is 0 Å². The first kappa shape index (κ1) is 21.0. The van der Waals surface area contributed by atoms with Gasteiger partial charge in [-0.15, -0.1) is 0 Å². The van der Waals surface area contributed by atoms with Crippen LogP contribution in [0, 0.1) is 11.8 Å². The van der Waals surface area contributed by atoms with E-state index in [4.69, 9.17) is 4.21 Å². The Morgan fingerprint density at radius 1 is 0.750 bits per heavy atom. The Bertz CT molecular complexity index is 680. The molecular formula is C27H40Zr. The van der Waals surface area contributed by atoms with E-state index < -0.39 is 21.3 Å². The van der Waals surface area contributed by atoms with Crippen molar-refractivity contribution in [3.8, 4) is 0 Å². The number of hydrogen-bond donors (Lipinski definition) is 0. The van der Waals surface area contributed by atoms with E-state index >= 15 is 0 Å². The van der Waals surface area contributed by atoms with Gasteiger partial charge in [0.2, 0.25) is 0 Å². The summed E-state index contributed by atoms with van der Waals surface area (Å²) < 4.78 is 8.81. The normalized spacial score (nSPS) is 26.9. The summed E-state index contributed by atoms with van der Waals surface area (Å²) in [5.74, 6) is 1.60. The second-order valence-electron chi connectivity index (χ2n) is 9.58. The van der Waals surface area contributed by atoms with Crippen LogP contribution in [0.15, 0.2) is 41.0 Å². The molecule has 0 aromatic heterocycles. The third kappa shape index (κ3) is 4.12. The molecule has 4 aliphatic carbocycles. The Labute approximate surface area is 181 Å². The Hall–Kier alpha value is -0.287. The van der Waals surface area contributed by atoms with Crippen molar-refractivity contribution in [2.24, 2.45) is 11.8 Å². The summed E-state index contributed by atoms with van der Waals surface area (Å²) in [6.07, 6.45) is 24.8. The van der Waals surface area contributed by atoms with Crippen molar-refractivity contribution in [1.29, 1.82) is 0 Å². The van der Waals surface area contributed by atoms with Crippen LogP contribution in [-0.2, 0) is 21.3 Å². The van der Waals surface area contributed by atoms with Gasteiger partial charge in [0.05, 0.1) is 0 Å². The van der Waals surface area contributed by atoms with E-state index in [1.54, 1.807) is 11.1 Å². The molecule has 28 heavy (non-hydrogen) atoms. The van der Waals surface area contributed by atoms with E-state index in [0.717, 1.165) is 11.8 Å². The van der Waals surface area contributed by atoms with Crippen molar-refractivity contribution in [1.82, 2.24) is 0 Å². The molecule has 2 unspecified atom stereocenters. The van der Waals surface area contributed by atoms with Gasteiger partial charge in [0, 0.05) is 0 Å². The number of hydrogen-bond acceptors (Lipinski definition) is 0. The summed E-state index contributed by atoms with van der Waals surface area (Å²) in [5, 5.41) is 0. The molecule has 0 saturated heterocycles. The predicted octanol–water partition coefficient (Wildman–Crippen LogP) is 8.19. The van der Waals surface area contributed by atoms with Crippen molar-refractivity contribution in [3.05, 3.63) is 41.0 Å². The van der Waals surface area contributed by atoms with E-state index in [2.05, 4.69) is 26.0 Å². The average molecular weight is 456 g/mol. The first-order chi connectivity index (χ1) is 13.7. The second kappa shape index (κ2) is 9.68. The standard InChI is InChI=1S/2C13H19.CH2.Zr/c2*1-2-3-6-11-9-10-12-7-4-5-8-13(11)12;;/h2*10-11H,2-8H2,1H3;1H2;. The summed E-state index contributed by atoms with van der Waals surface area (Å²) >= 11 is -1.97. The average Bonchev–Trinajstić information content (AvgIpc) is 3.28. The maximum atomic E-state index is 5.04. The third-order valence-corrected chi connectivity index (χ3v) is 13.6. The zero-order valence-electron chi connectivity index (χ0n) is 18.4. The summed E-state index contributed by atoms with van der Waals surface area (Å²) in [7, 11) is 0. The van der Waals surface area contributed by atoms with E-state index in [1.807, 2.05) is 17.7 Å². The molecule has 0 heterocycles. The van der Waals surface area contributed by atoms with Gasteiger partial charge in [-0.1, -0.05) is 0 Å². The molecular weight excluding hydrogens is 416 g/mol. The molecule has 4 rings (SSSR count). The van der Waals surface area contributed by atoms with Crippen molar-refractivity contribution >= 4 is 4.21 Å². The maximum absolute atomic E-state index is 5.04. The zero-order chi connectivity index (χ0) is 19.5. The summed E-state index contributed by atoms with van der Waals surface area (Å²) in [6.45, 7) is 4.72. The Morgan fingerprint density at radius 2 is 1.18 bits per heavy atom. The molecule has 0 aromatic rings. The predicted molar refractivity (Wildman–Crippen MR) is 120 cm³/mol. The van der Waals surface area contributed by atoms with Gasteiger partial charge in [-0.05, 0) is 0 Å². The van der Waals surface area contributed by atoms with Crippen molar-refractivity contribution in [3.63, 3.8) is 0 Å². The molecule has 0 fully saturated rings. The fourth-order valence-corrected chi connectivity index (χ4v) is 12.4. The molecule has 0 spiro atoms. The second-order valence-corrected chi connectivity index (χ2v) is 14.8. The van der Waals surface area contributed by atoms with Crippen LogP contribution in [0.5, 0.6) is 0 Å². The molecule has 152 valence electrons. The molecule has 4 aliphatic rings. The number of allylic oxidation sites excluding steroid dienone is 8. The van der Waals surface area contributed by atoms with Crippen molar-refractivity contribution < 1.29 is 21.3 Å². The molecule has 0 radical (unpaired) electrons. The SMILES string of the molecule is [CH2]=[Zr]([C]1=CC2=C(CCCC2)C1CCCC)[C]1=CC2=C(CCCC2)C1CCCC. The van der Waals surface area contributed by atoms with E-state index in [9.17, 15) is 0 Å². The van der Waals surface area contributed by atoms with Gasteiger partial charge in [0.15, 0.2) is 0 Å². The summed E-state index contributed by atoms with van der Waals surface area (Å²) in [5.41, 5.74) is 7.23. The molecule has 0 nitrogen and oxygen atoms in total. The Morgan fingerprint density at radius 3 is 1.61 bits per heavy atom. The van der Waals surface area contributed by atoms with E-state index in [1.165, 1.54) is 89.9 Å². The quantitative estimate of drug-likeness (QED) is 0.346. The van der Waals surface area contributed by atoms with Crippen LogP contribution in [0.3, 0.4) is 0 Å². The third-order valence-electron chi connectivity index (χ3n) is 7.75. The molecule has 2 atom stereocenters. The van der Waals surface area contributed by atoms with Crippen LogP contribution in [0.25, 0.3) is 0 Å². The van der Waals surface area contributed by atoms with E-state index in [0.29, 0.717) is 0 Å². The Kier molecular flexibility index (Phi) is 7.25. The Balaban J connectivity index is 1.60. The van der Waals surface area contributed by atoms with Gasteiger partial charge in [-0.2, -0.15) is 0 Å². The van der Waals surface area contributed by atoms with Crippen molar-refractivity contribution in [2.45, 2.75) is 104 Å². The van der Waals surface area contributed by atoms with Crippen LogP contribution in [0.4, 0.5) is 0 Å². The van der Waals surface area contributed by atoms with Crippen LogP contribution >= 0.6 is 0 Å². The minimum atomic E-state index is -1.97. The van der Waals surface area contributed by atoms with Gasteiger partial charge < -0.3 is 0 Å². The summed E-state index contributed by atoms with van der Waals surface area (Å²) in [4.78, 5) is 0. The summed E-state index contributed by atoms with van der Waals surface area (Å²) in [6, 6.07) is 0. The molecule has 1 heteroatoms. The number of unbranched alkanes of at least 4 members (excludes halogenated alkanes) is 2. The fraction of sp³-hybridized carbons (Fsp3) is 0.667. The zero-order valence-corrected chi connectivity index (χ0v) is 20.9. The first-order valence-corrected chi connectivity index (χ1v) is 16.5. The molecule has 0 bridgehead atoms. The van der Waals surface area contributed by atoms with Crippen LogP contribution in [-0.4, -0.2) is 4.21 Å². The van der Waals surface area contributed by atoms with Crippen molar-refractivity contribution in [2.75, 3.05) is 0 Å². The van der Waals surface area contributed by atoms with Gasteiger partial charge in [-0.3, -0.25) is 0 Å². The minimum absolute atomic E-state index is 0.799. The van der Waals surface area contributed by atoms with E-state index in [-0.39, 0.29) is 0 Å². The van der Waals surface area contributed by atoms with Gasteiger partial charge in [0.25, 0.3) is 0 Å². The first-order valence-electron chi connectivity index (χ1n) is 12.3. The number of rotatable bonds is 8. The van der Waals surface area contributed by atoms with Crippen LogP contribution < -0.4 is 0 Å². The molecule has 0 saturated carbocycles. The monoisotopic (exact) mass is 454 g/mol. The molecule has 0 aromatic carbocycles. The van der Waals surface area contributed by atoms with Crippen LogP contribution in [0.1, 0.15) is 104 Å². The molecule has 0 aliphatic heterocycles. The van der Waals surface area contributed by atoms with Gasteiger partial charge in [0.1, 0.15) is 0 Å². The topological polar surface area (TPSA) is 0 Å².